The molecule has 130 valence electrons. The van der Waals surface area contributed by atoms with Gasteiger partial charge in [-0.1, -0.05) is 48.5 Å². The van der Waals surface area contributed by atoms with Crippen molar-refractivity contribution in [3.05, 3.63) is 42.1 Å². The van der Waals surface area contributed by atoms with Crippen LogP contribution >= 0.6 is 11.8 Å². The molecule has 1 aromatic carbocycles. The summed E-state index contributed by atoms with van der Waals surface area (Å²) in [4.78, 5) is 21.4. The second-order valence-corrected chi connectivity index (χ2v) is 8.12. The van der Waals surface area contributed by atoms with Gasteiger partial charge in [-0.05, 0) is 44.1 Å². The average Bonchev–Trinajstić information content (AvgIpc) is 3.23. The summed E-state index contributed by atoms with van der Waals surface area (Å²) in [5.74, 6) is 2.04. The topological polar surface area (TPSA) is 54.9 Å². The zero-order chi connectivity index (χ0) is 17.2. The second kappa shape index (κ2) is 7.16. The van der Waals surface area contributed by atoms with Crippen LogP contribution in [0.2, 0.25) is 0 Å². The summed E-state index contributed by atoms with van der Waals surface area (Å²) >= 11 is 1.42. The van der Waals surface area contributed by atoms with Gasteiger partial charge in [0.05, 0.1) is 11.4 Å². The van der Waals surface area contributed by atoms with E-state index in [0.717, 1.165) is 22.9 Å². The molecule has 0 radical (unpaired) electrons. The summed E-state index contributed by atoms with van der Waals surface area (Å²) in [6.07, 6.45) is 5.11. The molecule has 2 bridgehead atoms. The molecule has 4 rings (SSSR count). The Kier molecular flexibility index (Phi) is 4.75. The number of carbonyl (C=O) groups is 1. The fraction of sp³-hybridized carbons (Fsp3) is 0.450. The van der Waals surface area contributed by atoms with Gasteiger partial charge in [0.25, 0.3) is 0 Å². The van der Waals surface area contributed by atoms with Gasteiger partial charge < -0.3 is 5.32 Å². The quantitative estimate of drug-likeness (QED) is 0.655. The van der Waals surface area contributed by atoms with Crippen LogP contribution in [-0.2, 0) is 4.79 Å². The lowest BCUT2D eigenvalue weighted by atomic mass is 9.95. The Morgan fingerprint density at radius 2 is 2.04 bits per heavy atom. The maximum absolute atomic E-state index is 12.3. The molecule has 1 N–H and O–H groups in total. The van der Waals surface area contributed by atoms with Crippen LogP contribution in [0.5, 0.6) is 0 Å². The van der Waals surface area contributed by atoms with Crippen molar-refractivity contribution in [3.63, 3.8) is 0 Å². The summed E-state index contributed by atoms with van der Waals surface area (Å²) in [6.45, 7) is 1.97. The van der Waals surface area contributed by atoms with Crippen molar-refractivity contribution in [1.82, 2.24) is 15.3 Å². The van der Waals surface area contributed by atoms with E-state index in [0.29, 0.717) is 22.9 Å². The van der Waals surface area contributed by atoms with Gasteiger partial charge >= 0.3 is 0 Å². The molecule has 0 aliphatic heterocycles. The standard InChI is InChI=1S/C20H23N3OS/c1-13-9-17(15-5-3-2-4-6-15)23-20(21-13)25-12-19(24)22-18-11-14-7-8-16(18)10-14/h2-6,9,14,16,18H,7-8,10-12H2,1H3,(H,22,24)/t14-,16+,18-/m0/s1. The lowest BCUT2D eigenvalue weighted by Crippen LogP contribution is -2.39. The van der Waals surface area contributed by atoms with Crippen molar-refractivity contribution >= 4 is 17.7 Å². The van der Waals surface area contributed by atoms with Gasteiger partial charge in [0.1, 0.15) is 0 Å². The Morgan fingerprint density at radius 1 is 1.20 bits per heavy atom. The molecule has 0 unspecified atom stereocenters. The number of aromatic nitrogens is 2. The van der Waals surface area contributed by atoms with Crippen molar-refractivity contribution in [2.75, 3.05) is 5.75 Å². The van der Waals surface area contributed by atoms with E-state index in [-0.39, 0.29) is 5.91 Å². The van der Waals surface area contributed by atoms with Crippen LogP contribution in [0.15, 0.2) is 41.6 Å². The fourth-order valence-electron chi connectivity index (χ4n) is 4.16. The summed E-state index contributed by atoms with van der Waals surface area (Å²) < 4.78 is 0. The summed E-state index contributed by atoms with van der Waals surface area (Å²) in [5.41, 5.74) is 2.90. The molecule has 1 heterocycles. The third kappa shape index (κ3) is 3.87. The van der Waals surface area contributed by atoms with E-state index < -0.39 is 0 Å². The monoisotopic (exact) mass is 353 g/mol. The highest BCUT2D eigenvalue weighted by Gasteiger charge is 2.39. The van der Waals surface area contributed by atoms with Crippen LogP contribution in [0.25, 0.3) is 11.3 Å². The fourth-order valence-corrected chi connectivity index (χ4v) is 4.88. The molecule has 25 heavy (non-hydrogen) atoms. The lowest BCUT2D eigenvalue weighted by molar-refractivity contribution is -0.119. The highest BCUT2D eigenvalue weighted by Crippen LogP contribution is 2.44. The number of carbonyl (C=O) groups excluding carboxylic acids is 1. The number of nitrogens with zero attached hydrogens (tertiary/aromatic N) is 2. The van der Waals surface area contributed by atoms with Crippen LogP contribution in [0.1, 0.15) is 31.4 Å². The normalized spacial score (nSPS) is 24.4. The molecule has 2 aromatic rings. The Hall–Kier alpha value is -1.88. The van der Waals surface area contributed by atoms with Gasteiger partial charge in [-0.2, -0.15) is 0 Å². The molecule has 1 amide bonds. The maximum atomic E-state index is 12.3. The number of amides is 1. The van der Waals surface area contributed by atoms with Crippen molar-refractivity contribution in [3.8, 4) is 11.3 Å². The number of thioether (sulfide) groups is 1. The molecular formula is C20H23N3OS. The van der Waals surface area contributed by atoms with E-state index in [1.54, 1.807) is 0 Å². The van der Waals surface area contributed by atoms with Crippen LogP contribution in [0.4, 0.5) is 0 Å². The highest BCUT2D eigenvalue weighted by molar-refractivity contribution is 7.99. The largest absolute Gasteiger partial charge is 0.352 e. The van der Waals surface area contributed by atoms with Crippen LogP contribution in [-0.4, -0.2) is 27.7 Å². The Labute approximate surface area is 152 Å². The molecule has 2 aliphatic carbocycles. The van der Waals surface area contributed by atoms with Gasteiger partial charge in [-0.25, -0.2) is 9.97 Å². The molecule has 0 saturated heterocycles. The number of fused-ring (bicyclic) bond motifs is 2. The molecule has 2 aliphatic rings. The number of nitrogens with one attached hydrogen (secondary N) is 1. The summed E-state index contributed by atoms with van der Waals surface area (Å²) in [7, 11) is 0. The average molecular weight is 353 g/mol. The van der Waals surface area contributed by atoms with Gasteiger partial charge in [-0.15, -0.1) is 0 Å². The van der Waals surface area contributed by atoms with Gasteiger partial charge in [0.2, 0.25) is 5.91 Å². The predicted molar refractivity (Wildman–Crippen MR) is 100 cm³/mol. The summed E-state index contributed by atoms with van der Waals surface area (Å²) in [5, 5.41) is 3.89. The molecule has 2 saturated carbocycles. The smallest absolute Gasteiger partial charge is 0.230 e. The van der Waals surface area contributed by atoms with Crippen LogP contribution in [0.3, 0.4) is 0 Å². The number of hydrogen-bond acceptors (Lipinski definition) is 4. The number of benzene rings is 1. The molecular weight excluding hydrogens is 330 g/mol. The lowest BCUT2D eigenvalue weighted by Gasteiger charge is -2.22. The van der Waals surface area contributed by atoms with E-state index in [1.165, 1.54) is 37.4 Å². The molecule has 1 aromatic heterocycles. The second-order valence-electron chi connectivity index (χ2n) is 7.18. The molecule has 0 spiro atoms. The minimum absolute atomic E-state index is 0.105. The van der Waals surface area contributed by atoms with E-state index in [1.807, 2.05) is 43.3 Å². The first-order chi connectivity index (χ1) is 12.2. The first kappa shape index (κ1) is 16.6. The molecule has 3 atom stereocenters. The van der Waals surface area contributed by atoms with Crippen LogP contribution < -0.4 is 5.32 Å². The van der Waals surface area contributed by atoms with E-state index in [2.05, 4.69) is 15.3 Å². The molecule has 5 heteroatoms. The SMILES string of the molecule is Cc1cc(-c2ccccc2)nc(SCC(=O)N[C@H]2C[C@H]3CC[C@@H]2C3)n1. The third-order valence-electron chi connectivity index (χ3n) is 5.32. The molecule has 4 nitrogen and oxygen atoms in total. The van der Waals surface area contributed by atoms with Gasteiger partial charge in [-0.3, -0.25) is 4.79 Å². The molecule has 2 fully saturated rings. The number of hydrogen-bond donors (Lipinski definition) is 1. The minimum Gasteiger partial charge on any atom is -0.352 e. The Morgan fingerprint density at radius 3 is 2.76 bits per heavy atom. The zero-order valence-corrected chi connectivity index (χ0v) is 15.3. The first-order valence-corrected chi connectivity index (χ1v) is 9.99. The van der Waals surface area contributed by atoms with Crippen molar-refractivity contribution in [2.45, 2.75) is 43.8 Å². The Bertz CT molecular complexity index is 765. The van der Waals surface area contributed by atoms with Crippen molar-refractivity contribution in [1.29, 1.82) is 0 Å². The minimum atomic E-state index is 0.105. The van der Waals surface area contributed by atoms with E-state index in [9.17, 15) is 4.79 Å². The van der Waals surface area contributed by atoms with Crippen molar-refractivity contribution in [2.24, 2.45) is 11.8 Å². The van der Waals surface area contributed by atoms with Gasteiger partial charge in [0, 0.05) is 17.3 Å². The van der Waals surface area contributed by atoms with Crippen molar-refractivity contribution < 1.29 is 4.79 Å². The number of rotatable bonds is 5. The highest BCUT2D eigenvalue weighted by atomic mass is 32.2. The summed E-state index contributed by atoms with van der Waals surface area (Å²) in [6, 6.07) is 12.5. The first-order valence-electron chi connectivity index (χ1n) is 9.00. The predicted octanol–water partition coefficient (Wildman–Crippen LogP) is 3.85. The van der Waals surface area contributed by atoms with E-state index in [4.69, 9.17) is 0 Å². The Balaban J connectivity index is 1.37. The third-order valence-corrected chi connectivity index (χ3v) is 6.17. The van der Waals surface area contributed by atoms with E-state index >= 15 is 0 Å². The van der Waals surface area contributed by atoms with Crippen LogP contribution in [0, 0.1) is 18.8 Å². The number of aryl methyl sites for hydroxylation is 1. The zero-order valence-electron chi connectivity index (χ0n) is 14.4. The van der Waals surface area contributed by atoms with Gasteiger partial charge in [0.15, 0.2) is 5.16 Å². The maximum Gasteiger partial charge on any atom is 0.230 e.